The lowest BCUT2D eigenvalue weighted by Gasteiger charge is -2.13. The van der Waals surface area contributed by atoms with Crippen LogP contribution in [-0.2, 0) is 11.2 Å². The molecule has 1 N–H and O–H groups in total. The molecule has 0 bridgehead atoms. The minimum Gasteiger partial charge on any atom is -0.481 e. The van der Waals surface area contributed by atoms with Crippen molar-refractivity contribution in [1.82, 2.24) is 4.98 Å². The smallest absolute Gasteiger partial charge is 0.311 e. The molecular weight excluding hydrogens is 262 g/mol. The third-order valence-electron chi connectivity index (χ3n) is 2.97. The van der Waals surface area contributed by atoms with Gasteiger partial charge in [0, 0.05) is 16.9 Å². The number of carboxylic acid groups (broad SMARTS) is 1. The van der Waals surface area contributed by atoms with E-state index in [0.717, 1.165) is 16.8 Å². The van der Waals surface area contributed by atoms with Gasteiger partial charge >= 0.3 is 5.97 Å². The zero-order chi connectivity index (χ0) is 13.8. The van der Waals surface area contributed by atoms with Gasteiger partial charge in [-0.15, -0.1) is 0 Å². The highest BCUT2D eigenvalue weighted by molar-refractivity contribution is 6.30. The Morgan fingerprint density at radius 2 is 2.00 bits per heavy atom. The molecule has 2 rings (SSSR count). The van der Waals surface area contributed by atoms with Gasteiger partial charge in [0.25, 0.3) is 0 Å². The summed E-state index contributed by atoms with van der Waals surface area (Å²) in [5, 5.41) is 10.0. The van der Waals surface area contributed by atoms with Crippen LogP contribution in [0.2, 0.25) is 5.02 Å². The van der Waals surface area contributed by atoms with Gasteiger partial charge in [0.05, 0.1) is 5.92 Å². The molecule has 0 aliphatic carbocycles. The van der Waals surface area contributed by atoms with E-state index in [9.17, 15) is 9.90 Å². The van der Waals surface area contributed by atoms with Crippen LogP contribution in [0.3, 0.4) is 0 Å². The molecule has 3 nitrogen and oxygen atoms in total. The largest absolute Gasteiger partial charge is 0.481 e. The number of aryl methyl sites for hydroxylation is 1. The van der Waals surface area contributed by atoms with Crippen LogP contribution in [-0.4, -0.2) is 16.1 Å². The number of benzene rings is 1. The molecule has 98 valence electrons. The number of pyridine rings is 1. The fraction of sp³-hybridized carbons (Fsp3) is 0.200. The normalized spacial score (nSPS) is 12.1. The van der Waals surface area contributed by atoms with E-state index in [1.165, 1.54) is 0 Å². The summed E-state index contributed by atoms with van der Waals surface area (Å²) >= 11 is 5.82. The number of nitrogens with zero attached hydrogens (tertiary/aromatic N) is 1. The summed E-state index contributed by atoms with van der Waals surface area (Å²) in [6.07, 6.45) is 2.08. The lowest BCUT2D eigenvalue weighted by molar-refractivity contribution is -0.138. The Bertz CT molecular complexity index is 581. The van der Waals surface area contributed by atoms with E-state index in [-0.39, 0.29) is 0 Å². The summed E-state index contributed by atoms with van der Waals surface area (Å²) in [7, 11) is 0. The quantitative estimate of drug-likeness (QED) is 0.930. The zero-order valence-electron chi connectivity index (χ0n) is 10.5. The monoisotopic (exact) mass is 275 g/mol. The number of hydrogen-bond acceptors (Lipinski definition) is 2. The van der Waals surface area contributed by atoms with E-state index in [2.05, 4.69) is 4.98 Å². The molecule has 2 aromatic rings. The summed E-state index contributed by atoms with van der Waals surface area (Å²) in [5.41, 5.74) is 2.54. The van der Waals surface area contributed by atoms with Crippen LogP contribution in [0, 0.1) is 6.92 Å². The standard InChI is InChI=1S/C15H14ClNO2/c1-10-8-12(6-7-17-10)14(15(18)19)9-11-2-4-13(16)5-3-11/h2-8,14H,9H2,1H3,(H,18,19). The molecule has 1 aromatic heterocycles. The second-order valence-corrected chi connectivity index (χ2v) is 4.89. The number of rotatable bonds is 4. The van der Waals surface area contributed by atoms with E-state index in [1.54, 1.807) is 24.4 Å². The van der Waals surface area contributed by atoms with E-state index in [0.29, 0.717) is 11.4 Å². The van der Waals surface area contributed by atoms with Crippen LogP contribution in [0.15, 0.2) is 42.6 Å². The molecule has 0 aliphatic heterocycles. The van der Waals surface area contributed by atoms with Crippen LogP contribution >= 0.6 is 11.6 Å². The third kappa shape index (κ3) is 3.55. The number of carboxylic acids is 1. The Morgan fingerprint density at radius 1 is 1.32 bits per heavy atom. The Labute approximate surface area is 116 Å². The predicted molar refractivity (Wildman–Crippen MR) is 74.5 cm³/mol. The molecule has 0 saturated heterocycles. The highest BCUT2D eigenvalue weighted by Crippen LogP contribution is 2.22. The van der Waals surface area contributed by atoms with Gasteiger partial charge in [-0.05, 0) is 48.7 Å². The van der Waals surface area contributed by atoms with Crippen molar-refractivity contribution < 1.29 is 9.90 Å². The highest BCUT2D eigenvalue weighted by Gasteiger charge is 2.20. The average Bonchev–Trinajstić information content (AvgIpc) is 2.37. The average molecular weight is 276 g/mol. The third-order valence-corrected chi connectivity index (χ3v) is 3.23. The van der Waals surface area contributed by atoms with Gasteiger partial charge in [0.2, 0.25) is 0 Å². The van der Waals surface area contributed by atoms with E-state index in [4.69, 9.17) is 11.6 Å². The van der Waals surface area contributed by atoms with Crippen molar-refractivity contribution in [3.05, 3.63) is 64.4 Å². The van der Waals surface area contributed by atoms with Crippen molar-refractivity contribution in [3.8, 4) is 0 Å². The summed E-state index contributed by atoms with van der Waals surface area (Å²) in [4.78, 5) is 15.5. The second kappa shape index (κ2) is 5.85. The number of aliphatic carboxylic acids is 1. The molecule has 0 radical (unpaired) electrons. The topological polar surface area (TPSA) is 50.2 Å². The first-order chi connectivity index (χ1) is 9.06. The van der Waals surface area contributed by atoms with E-state index >= 15 is 0 Å². The van der Waals surface area contributed by atoms with Crippen molar-refractivity contribution in [2.24, 2.45) is 0 Å². The molecule has 0 amide bonds. The Balaban J connectivity index is 2.26. The molecule has 1 atom stereocenters. The molecule has 1 heterocycles. The van der Waals surface area contributed by atoms with Crippen molar-refractivity contribution in [1.29, 1.82) is 0 Å². The molecule has 0 aliphatic rings. The second-order valence-electron chi connectivity index (χ2n) is 4.45. The van der Waals surface area contributed by atoms with Gasteiger partial charge in [-0.25, -0.2) is 0 Å². The molecular formula is C15H14ClNO2. The zero-order valence-corrected chi connectivity index (χ0v) is 11.3. The molecule has 0 fully saturated rings. The summed E-state index contributed by atoms with van der Waals surface area (Å²) in [5.74, 6) is -1.40. The minimum absolute atomic E-state index is 0.440. The summed E-state index contributed by atoms with van der Waals surface area (Å²) in [6.45, 7) is 1.85. The van der Waals surface area contributed by atoms with Crippen LogP contribution < -0.4 is 0 Å². The summed E-state index contributed by atoms with van der Waals surface area (Å²) < 4.78 is 0. The lowest BCUT2D eigenvalue weighted by atomic mass is 9.92. The molecule has 4 heteroatoms. The van der Waals surface area contributed by atoms with Crippen LogP contribution in [0.1, 0.15) is 22.7 Å². The van der Waals surface area contributed by atoms with Crippen LogP contribution in [0.4, 0.5) is 0 Å². The number of halogens is 1. The van der Waals surface area contributed by atoms with Crippen molar-refractivity contribution in [3.63, 3.8) is 0 Å². The molecule has 19 heavy (non-hydrogen) atoms. The minimum atomic E-state index is -0.833. The van der Waals surface area contributed by atoms with Gasteiger partial charge in [0.1, 0.15) is 0 Å². The SMILES string of the molecule is Cc1cc(C(Cc2ccc(Cl)cc2)C(=O)O)ccn1. The van der Waals surface area contributed by atoms with Crippen LogP contribution in [0.5, 0.6) is 0 Å². The first kappa shape index (κ1) is 13.6. The van der Waals surface area contributed by atoms with E-state index in [1.807, 2.05) is 25.1 Å². The Hall–Kier alpha value is -1.87. The molecule has 1 unspecified atom stereocenters. The fourth-order valence-electron chi connectivity index (χ4n) is 1.99. The first-order valence-electron chi connectivity index (χ1n) is 5.96. The highest BCUT2D eigenvalue weighted by atomic mass is 35.5. The number of hydrogen-bond donors (Lipinski definition) is 1. The van der Waals surface area contributed by atoms with Gasteiger partial charge < -0.3 is 5.11 Å². The number of aromatic nitrogens is 1. The van der Waals surface area contributed by atoms with Gasteiger partial charge in [-0.2, -0.15) is 0 Å². The summed E-state index contributed by atoms with van der Waals surface area (Å²) in [6, 6.07) is 10.8. The number of carbonyl (C=O) groups is 1. The molecule has 1 aromatic carbocycles. The van der Waals surface area contributed by atoms with Gasteiger partial charge in [-0.3, -0.25) is 9.78 Å². The lowest BCUT2D eigenvalue weighted by Crippen LogP contribution is -2.14. The predicted octanol–water partition coefficient (Wildman–Crippen LogP) is 3.45. The van der Waals surface area contributed by atoms with Crippen LogP contribution in [0.25, 0.3) is 0 Å². The Morgan fingerprint density at radius 3 is 2.58 bits per heavy atom. The van der Waals surface area contributed by atoms with Gasteiger partial charge in [-0.1, -0.05) is 23.7 Å². The fourth-order valence-corrected chi connectivity index (χ4v) is 2.11. The first-order valence-corrected chi connectivity index (χ1v) is 6.34. The van der Waals surface area contributed by atoms with Crippen molar-refractivity contribution in [2.45, 2.75) is 19.3 Å². The maximum absolute atomic E-state index is 11.4. The maximum atomic E-state index is 11.4. The molecule has 0 saturated carbocycles. The Kier molecular flexibility index (Phi) is 4.17. The van der Waals surface area contributed by atoms with E-state index < -0.39 is 11.9 Å². The maximum Gasteiger partial charge on any atom is 0.311 e. The van der Waals surface area contributed by atoms with Crippen molar-refractivity contribution >= 4 is 17.6 Å². The van der Waals surface area contributed by atoms with Gasteiger partial charge in [0.15, 0.2) is 0 Å². The van der Waals surface area contributed by atoms with Crippen molar-refractivity contribution in [2.75, 3.05) is 0 Å². The molecule has 0 spiro atoms.